The third kappa shape index (κ3) is 4.02. The minimum atomic E-state index is -1.08. The van der Waals surface area contributed by atoms with E-state index in [0.29, 0.717) is 33.6 Å². The van der Waals surface area contributed by atoms with E-state index >= 15 is 0 Å². The van der Waals surface area contributed by atoms with Crippen LogP contribution in [0, 0.1) is 0 Å². The number of ether oxygens (including phenoxy) is 2. The molecule has 0 radical (unpaired) electrons. The smallest absolute Gasteiger partial charge is 0.319 e. The molecule has 2 aliphatic rings. The Morgan fingerprint density at radius 3 is 2.97 bits per heavy atom. The van der Waals surface area contributed by atoms with Crippen LogP contribution in [0.25, 0.3) is 22.0 Å². The summed E-state index contributed by atoms with van der Waals surface area (Å²) >= 11 is 1.18. The number of nitrogens with zero attached hydrogens (tertiary/aromatic N) is 5. The fraction of sp³-hybridized carbons (Fsp3) is 0.450. The number of nitrogens with one attached hydrogen (secondary N) is 1. The van der Waals surface area contributed by atoms with Gasteiger partial charge in [0.25, 0.3) is 5.19 Å². The van der Waals surface area contributed by atoms with Gasteiger partial charge >= 0.3 is 6.01 Å². The van der Waals surface area contributed by atoms with Crippen LogP contribution in [0.1, 0.15) is 25.7 Å². The number of alkyl halides is 1. The van der Waals surface area contributed by atoms with E-state index in [2.05, 4.69) is 30.5 Å². The van der Waals surface area contributed by atoms with Gasteiger partial charge in [-0.25, -0.2) is 9.37 Å². The summed E-state index contributed by atoms with van der Waals surface area (Å²) in [5, 5.41) is 22.8. The molecule has 5 rings (SSSR count). The van der Waals surface area contributed by atoms with Crippen LogP contribution in [-0.4, -0.2) is 61.7 Å². The van der Waals surface area contributed by atoms with Crippen molar-refractivity contribution in [1.29, 1.82) is 0 Å². The van der Waals surface area contributed by atoms with E-state index in [0.717, 1.165) is 19.3 Å². The van der Waals surface area contributed by atoms with Gasteiger partial charge in [0, 0.05) is 24.1 Å². The number of aromatic nitrogens is 5. The number of piperidine rings is 2. The van der Waals surface area contributed by atoms with Crippen molar-refractivity contribution in [2.24, 2.45) is 0 Å². The Bertz CT molecular complexity index is 1080. The Morgan fingerprint density at radius 1 is 1.23 bits per heavy atom. The summed E-state index contributed by atoms with van der Waals surface area (Å²) in [5.74, 6) is 0.375. The first kappa shape index (κ1) is 20.0. The van der Waals surface area contributed by atoms with Crippen molar-refractivity contribution in [2.45, 2.75) is 50.0 Å². The third-order valence-electron chi connectivity index (χ3n) is 5.65. The van der Waals surface area contributed by atoms with Gasteiger partial charge in [-0.15, -0.1) is 5.10 Å². The summed E-state index contributed by atoms with van der Waals surface area (Å²) in [4.78, 5) is 12.1. The molecule has 2 fully saturated rings. The second-order valence-electron chi connectivity index (χ2n) is 7.64. The molecule has 2 bridgehead atoms. The summed E-state index contributed by atoms with van der Waals surface area (Å²) in [6.07, 6.45) is 3.26. The molecule has 1 aromatic carbocycles. The molecule has 9 nitrogen and oxygen atoms in total. The van der Waals surface area contributed by atoms with E-state index in [-0.39, 0.29) is 23.8 Å². The molecule has 162 valence electrons. The van der Waals surface area contributed by atoms with Crippen LogP contribution >= 0.6 is 11.3 Å². The summed E-state index contributed by atoms with van der Waals surface area (Å²) in [5.41, 5.74) is 1.10. The van der Waals surface area contributed by atoms with Gasteiger partial charge in [0.1, 0.15) is 18.2 Å². The van der Waals surface area contributed by atoms with Crippen molar-refractivity contribution in [2.75, 3.05) is 7.11 Å². The predicted octanol–water partition coefficient (Wildman–Crippen LogP) is 2.77. The number of phenolic OH excluding ortho intramolecular Hbond substituents is 1. The maximum absolute atomic E-state index is 14.8. The number of hydrogen-bond acceptors (Lipinski definition) is 10. The van der Waals surface area contributed by atoms with Gasteiger partial charge in [-0.3, -0.25) is 0 Å². The van der Waals surface area contributed by atoms with Crippen molar-refractivity contribution in [3.8, 4) is 38.9 Å². The Balaban J connectivity index is 1.33. The Labute approximate surface area is 181 Å². The largest absolute Gasteiger partial charge is 0.507 e. The lowest BCUT2D eigenvalue weighted by molar-refractivity contribution is 0.00888. The fourth-order valence-electron chi connectivity index (χ4n) is 4.14. The maximum atomic E-state index is 14.8. The molecule has 31 heavy (non-hydrogen) atoms. The normalized spacial score (nSPS) is 25.2. The fourth-order valence-corrected chi connectivity index (χ4v) is 4.92. The minimum Gasteiger partial charge on any atom is -0.507 e. The van der Waals surface area contributed by atoms with Gasteiger partial charge in [0.05, 0.1) is 12.7 Å². The summed E-state index contributed by atoms with van der Waals surface area (Å²) in [7, 11) is 1.47. The number of phenols is 1. The van der Waals surface area contributed by atoms with Crippen LogP contribution in [0.2, 0.25) is 0 Å². The van der Waals surface area contributed by atoms with Gasteiger partial charge in [-0.05, 0) is 25.0 Å². The highest BCUT2D eigenvalue weighted by Gasteiger charge is 2.41. The van der Waals surface area contributed by atoms with Crippen molar-refractivity contribution >= 4 is 11.3 Å². The topological polar surface area (TPSA) is 115 Å². The standard InChI is InChI=1S/C20H21FN6O3S/c1-29-19-23-9-22-17(25-19)10-5-6-12(14(28)7-10)18-26-27-20(31-18)30-15-8-11-3-2-4-13(24-11)16(15)21/h5-7,9,11,13,15-16,24,28H,2-4,8H2,1H3/t11-,13+,15-,16+/m0/s1. The van der Waals surface area contributed by atoms with Gasteiger partial charge in [0.2, 0.25) is 0 Å². The van der Waals surface area contributed by atoms with Crippen LogP contribution < -0.4 is 14.8 Å². The highest BCUT2D eigenvalue weighted by atomic mass is 32.1. The van der Waals surface area contributed by atoms with Crippen molar-refractivity contribution in [3.05, 3.63) is 24.5 Å². The molecular formula is C20H21FN6O3S. The summed E-state index contributed by atoms with van der Waals surface area (Å²) in [6, 6.07) is 5.32. The molecule has 0 saturated carbocycles. The minimum absolute atomic E-state index is 0.000606. The molecule has 2 aliphatic heterocycles. The number of benzene rings is 1. The number of rotatable bonds is 5. The zero-order valence-corrected chi connectivity index (χ0v) is 17.5. The Kier molecular flexibility index (Phi) is 5.36. The van der Waals surface area contributed by atoms with E-state index in [4.69, 9.17) is 9.47 Å². The zero-order chi connectivity index (χ0) is 21.4. The molecule has 0 unspecified atom stereocenters. The molecule has 4 heterocycles. The molecule has 2 saturated heterocycles. The first-order valence-corrected chi connectivity index (χ1v) is 10.9. The Morgan fingerprint density at radius 2 is 2.13 bits per heavy atom. The molecule has 2 aromatic heterocycles. The lowest BCUT2D eigenvalue weighted by Gasteiger charge is -2.42. The number of halogens is 1. The van der Waals surface area contributed by atoms with Crippen LogP contribution in [0.15, 0.2) is 24.5 Å². The second-order valence-corrected chi connectivity index (χ2v) is 8.58. The number of fused-ring (bicyclic) bond motifs is 2. The quantitative estimate of drug-likeness (QED) is 0.613. The van der Waals surface area contributed by atoms with Crippen molar-refractivity contribution in [3.63, 3.8) is 0 Å². The average molecular weight is 444 g/mol. The monoisotopic (exact) mass is 444 g/mol. The third-order valence-corrected chi connectivity index (χ3v) is 6.50. The molecule has 0 spiro atoms. The van der Waals surface area contributed by atoms with Gasteiger partial charge in [-0.2, -0.15) is 9.97 Å². The van der Waals surface area contributed by atoms with Crippen LogP contribution in [0.3, 0.4) is 0 Å². The average Bonchev–Trinajstić information content (AvgIpc) is 3.25. The van der Waals surface area contributed by atoms with Gasteiger partial charge < -0.3 is 19.9 Å². The number of hydrogen-bond donors (Lipinski definition) is 2. The first-order valence-electron chi connectivity index (χ1n) is 10.1. The molecule has 2 N–H and O–H groups in total. The van der Waals surface area contributed by atoms with E-state index in [9.17, 15) is 9.50 Å². The molecule has 4 atom stereocenters. The second kappa shape index (κ2) is 8.31. The SMILES string of the molecule is COc1ncnc(-c2ccc(-c3nnc(O[C@H]4C[C@@H]5CCC[C@@H](N5)[C@H]4F)s3)c(O)c2)n1. The highest BCUT2D eigenvalue weighted by molar-refractivity contribution is 7.16. The molecule has 11 heteroatoms. The summed E-state index contributed by atoms with van der Waals surface area (Å²) < 4.78 is 25.6. The number of methoxy groups -OCH3 is 1. The lowest BCUT2D eigenvalue weighted by atomic mass is 9.84. The molecular weight excluding hydrogens is 423 g/mol. The van der Waals surface area contributed by atoms with Crippen LogP contribution in [0.4, 0.5) is 4.39 Å². The first-order chi connectivity index (χ1) is 15.1. The number of aromatic hydroxyl groups is 1. The molecule has 0 aliphatic carbocycles. The van der Waals surface area contributed by atoms with Crippen molar-refractivity contribution in [1.82, 2.24) is 30.5 Å². The van der Waals surface area contributed by atoms with Crippen LogP contribution in [0.5, 0.6) is 17.0 Å². The predicted molar refractivity (Wildman–Crippen MR) is 111 cm³/mol. The van der Waals surface area contributed by atoms with E-state index in [1.54, 1.807) is 12.1 Å². The highest BCUT2D eigenvalue weighted by Crippen LogP contribution is 2.37. The van der Waals surface area contributed by atoms with Crippen LogP contribution in [-0.2, 0) is 0 Å². The summed E-state index contributed by atoms with van der Waals surface area (Å²) in [6.45, 7) is 0. The Hall–Kier alpha value is -2.92. The molecule has 3 aromatic rings. The lowest BCUT2D eigenvalue weighted by Crippen LogP contribution is -2.58. The van der Waals surface area contributed by atoms with E-state index < -0.39 is 12.3 Å². The van der Waals surface area contributed by atoms with E-state index in [1.807, 2.05) is 0 Å². The van der Waals surface area contributed by atoms with E-state index in [1.165, 1.54) is 30.8 Å². The van der Waals surface area contributed by atoms with Gasteiger partial charge in [0.15, 0.2) is 17.0 Å². The zero-order valence-electron chi connectivity index (χ0n) is 16.7. The van der Waals surface area contributed by atoms with Gasteiger partial charge in [-0.1, -0.05) is 28.9 Å². The molecule has 0 amide bonds. The maximum Gasteiger partial charge on any atom is 0.319 e. The van der Waals surface area contributed by atoms with Crippen molar-refractivity contribution < 1.29 is 19.0 Å².